The van der Waals surface area contributed by atoms with Crippen LogP contribution in [-0.2, 0) is 28.7 Å². The van der Waals surface area contributed by atoms with E-state index in [4.69, 9.17) is 44.3 Å². The number of nitrogens with one attached hydrogen (secondary N) is 3. The fraction of sp³-hybridized carbons (Fsp3) is 0.545. The van der Waals surface area contributed by atoms with Gasteiger partial charge in [0.1, 0.15) is 24.7 Å². The van der Waals surface area contributed by atoms with E-state index in [0.29, 0.717) is 30.6 Å². The van der Waals surface area contributed by atoms with Crippen LogP contribution >= 0.6 is 34.8 Å². The summed E-state index contributed by atoms with van der Waals surface area (Å²) < 4.78 is 8.66. The van der Waals surface area contributed by atoms with Gasteiger partial charge in [0.25, 0.3) is 5.91 Å². The number of ether oxygens (including phenoxy) is 2. The van der Waals surface area contributed by atoms with Crippen LogP contribution in [0.5, 0.6) is 0 Å². The molecule has 3 amide bonds. The summed E-state index contributed by atoms with van der Waals surface area (Å²) in [5, 5.41) is 17.6. The van der Waals surface area contributed by atoms with Gasteiger partial charge in [-0.25, -0.2) is 5.43 Å². The highest BCUT2D eigenvalue weighted by atomic mass is 35.6. The van der Waals surface area contributed by atoms with Crippen molar-refractivity contribution in [2.45, 2.75) is 75.5 Å². The van der Waals surface area contributed by atoms with Crippen molar-refractivity contribution in [3.05, 3.63) is 47.7 Å². The number of carbonyl (C=O) groups excluding carboxylic acids is 4. The molecule has 0 saturated carbocycles. The first kappa shape index (κ1) is 39.4. The molecule has 1 fully saturated rings. The summed E-state index contributed by atoms with van der Waals surface area (Å²) in [6, 6.07) is 6.52. The smallest absolute Gasteiger partial charge is 0.325 e. The molecule has 3 rings (SSSR count). The van der Waals surface area contributed by atoms with Crippen LogP contribution < -0.4 is 16.1 Å². The van der Waals surface area contributed by atoms with Gasteiger partial charge in [-0.1, -0.05) is 79.0 Å². The second-order valence-electron chi connectivity index (χ2n) is 12.5. The summed E-state index contributed by atoms with van der Waals surface area (Å²) >= 11 is 17.0. The zero-order valence-electron chi connectivity index (χ0n) is 27.9. The number of methoxy groups -OCH3 is 1. The lowest BCUT2D eigenvalue weighted by molar-refractivity contribution is -0.152. The molecule has 4 N–H and O–H groups in total. The molecule has 12 nitrogen and oxygen atoms in total. The number of aliphatic hydroxyl groups is 1. The van der Waals surface area contributed by atoms with Crippen LogP contribution in [0, 0.1) is 11.3 Å². The van der Waals surface area contributed by atoms with Gasteiger partial charge < -0.3 is 25.2 Å². The van der Waals surface area contributed by atoms with Gasteiger partial charge >= 0.3 is 5.97 Å². The summed E-state index contributed by atoms with van der Waals surface area (Å²) in [6.07, 6.45) is 3.69. The molecule has 2 aromatic rings. The van der Waals surface area contributed by atoms with Gasteiger partial charge in [0.15, 0.2) is 0 Å². The predicted octanol–water partition coefficient (Wildman–Crippen LogP) is 4.01. The SMILES string of the molecule is COC[C@@](C)(/C=C/c1ccc2ccc([C@@H](C)O)nc2c1)C(=O)N[C@H](C(=O)N[C@@H](C)C(=O)N1CCC[C@@H](C(=O)OCC(Cl)(Cl)Cl)N1)C(C)C. The lowest BCUT2D eigenvalue weighted by Crippen LogP contribution is -2.61. The Balaban J connectivity index is 1.68. The average Bonchev–Trinajstić information content (AvgIpc) is 3.03. The molecule has 2 heterocycles. The second kappa shape index (κ2) is 17.1. The van der Waals surface area contributed by atoms with E-state index in [1.165, 1.54) is 19.0 Å². The fourth-order valence-corrected chi connectivity index (χ4v) is 5.23. The topological polar surface area (TPSA) is 159 Å². The monoisotopic (exact) mass is 727 g/mol. The van der Waals surface area contributed by atoms with Crippen molar-refractivity contribution in [1.82, 2.24) is 26.1 Å². The molecule has 0 aliphatic carbocycles. The van der Waals surface area contributed by atoms with Crippen LogP contribution in [0.2, 0.25) is 0 Å². The first-order valence-electron chi connectivity index (χ1n) is 15.6. The van der Waals surface area contributed by atoms with Crippen molar-refractivity contribution in [2.75, 3.05) is 26.9 Å². The second-order valence-corrected chi connectivity index (χ2v) is 15.0. The van der Waals surface area contributed by atoms with Gasteiger partial charge in [-0.15, -0.1) is 0 Å². The number of halogens is 3. The molecule has 0 unspecified atom stereocenters. The third-order valence-electron chi connectivity index (χ3n) is 7.85. The van der Waals surface area contributed by atoms with Crippen LogP contribution in [-0.4, -0.2) is 87.6 Å². The Hall–Kier alpha value is -3.00. The normalized spacial score (nSPS) is 18.6. The molecule has 1 aliphatic heterocycles. The van der Waals surface area contributed by atoms with E-state index in [2.05, 4.69) is 21.0 Å². The number of fused-ring (bicyclic) bond motifs is 1. The Labute approximate surface area is 295 Å². The van der Waals surface area contributed by atoms with Crippen molar-refractivity contribution in [1.29, 1.82) is 0 Å². The number of hydrogen-bond donors (Lipinski definition) is 4. The number of amides is 3. The maximum absolute atomic E-state index is 13.7. The van der Waals surface area contributed by atoms with E-state index < -0.39 is 63.7 Å². The minimum Gasteiger partial charge on any atom is -0.460 e. The summed E-state index contributed by atoms with van der Waals surface area (Å²) in [6.45, 7) is 8.32. The molecule has 5 atom stereocenters. The molecule has 1 saturated heterocycles. The largest absolute Gasteiger partial charge is 0.460 e. The lowest BCUT2D eigenvalue weighted by Gasteiger charge is -2.35. The van der Waals surface area contributed by atoms with E-state index in [0.717, 1.165) is 10.9 Å². The van der Waals surface area contributed by atoms with Crippen LogP contribution in [0.25, 0.3) is 17.0 Å². The van der Waals surface area contributed by atoms with Gasteiger partial charge in [-0.3, -0.25) is 29.2 Å². The minimum atomic E-state index is -1.77. The molecule has 0 bridgehead atoms. The molecule has 264 valence electrons. The van der Waals surface area contributed by atoms with Crippen LogP contribution in [0.1, 0.15) is 64.8 Å². The number of hydrogen-bond acceptors (Lipinski definition) is 9. The van der Waals surface area contributed by atoms with E-state index in [1.807, 2.05) is 24.3 Å². The zero-order chi connectivity index (χ0) is 35.8. The van der Waals surface area contributed by atoms with Crippen molar-refractivity contribution < 1.29 is 33.8 Å². The standard InChI is InChI=1S/C33H44Cl3N5O7/c1-19(2)27(28(43)37-20(3)29(44)41-15-7-8-25(40-41)30(45)48-18-33(34,35)36)39-31(46)32(5,17-47-6)14-13-22-9-10-23-11-12-24(21(4)42)38-26(23)16-22/h9-14,16,19-21,25,27,40,42H,7-8,15,17-18H2,1-6H3,(H,37,43)(H,39,46)/b14-13+/t20-,21+,25-,27-,32+/m0/s1. The number of nitrogens with zero attached hydrogens (tertiary/aromatic N) is 2. The van der Waals surface area contributed by atoms with Crippen LogP contribution in [0.3, 0.4) is 0 Å². The molecule has 1 aromatic heterocycles. The number of aliphatic hydroxyl groups excluding tert-OH is 1. The number of aromatic nitrogens is 1. The van der Waals surface area contributed by atoms with E-state index >= 15 is 0 Å². The minimum absolute atomic E-state index is 0.0283. The van der Waals surface area contributed by atoms with Gasteiger partial charge in [0.05, 0.1) is 29.3 Å². The molecule has 15 heteroatoms. The zero-order valence-corrected chi connectivity index (χ0v) is 30.2. The van der Waals surface area contributed by atoms with Crippen molar-refractivity contribution in [3.8, 4) is 0 Å². The lowest BCUT2D eigenvalue weighted by atomic mass is 9.88. The highest BCUT2D eigenvalue weighted by molar-refractivity contribution is 6.67. The van der Waals surface area contributed by atoms with E-state index in [9.17, 15) is 24.3 Å². The molecule has 1 aromatic carbocycles. The van der Waals surface area contributed by atoms with Crippen LogP contribution in [0.4, 0.5) is 0 Å². The first-order chi connectivity index (χ1) is 22.4. The highest BCUT2D eigenvalue weighted by Gasteiger charge is 2.37. The Kier molecular flexibility index (Phi) is 14.0. The summed E-state index contributed by atoms with van der Waals surface area (Å²) in [7, 11) is 1.48. The highest BCUT2D eigenvalue weighted by Crippen LogP contribution is 2.27. The van der Waals surface area contributed by atoms with Crippen molar-refractivity contribution >= 4 is 75.5 Å². The van der Waals surface area contributed by atoms with Gasteiger partial charge in [0, 0.05) is 19.0 Å². The Bertz CT molecular complexity index is 1500. The molecule has 48 heavy (non-hydrogen) atoms. The quantitative estimate of drug-likeness (QED) is 0.177. The van der Waals surface area contributed by atoms with Crippen molar-refractivity contribution in [3.63, 3.8) is 0 Å². The third kappa shape index (κ3) is 11.0. The summed E-state index contributed by atoms with van der Waals surface area (Å²) in [4.78, 5) is 57.3. The molecule has 1 aliphatic rings. The number of rotatable bonds is 13. The number of hydrazine groups is 1. The third-order valence-corrected chi connectivity index (χ3v) is 8.18. The van der Waals surface area contributed by atoms with Gasteiger partial charge in [0.2, 0.25) is 15.6 Å². The number of benzene rings is 1. The van der Waals surface area contributed by atoms with E-state index in [-0.39, 0.29) is 12.5 Å². The predicted molar refractivity (Wildman–Crippen MR) is 185 cm³/mol. The molecular formula is C33H44Cl3N5O7. The van der Waals surface area contributed by atoms with E-state index in [1.54, 1.807) is 45.9 Å². The maximum Gasteiger partial charge on any atom is 0.325 e. The van der Waals surface area contributed by atoms with Crippen LogP contribution in [0.15, 0.2) is 36.4 Å². The number of carbonyl (C=O) groups is 4. The Morgan fingerprint density at radius 1 is 1.10 bits per heavy atom. The summed E-state index contributed by atoms with van der Waals surface area (Å²) in [5.41, 5.74) is 3.70. The average molecular weight is 729 g/mol. The Morgan fingerprint density at radius 3 is 2.42 bits per heavy atom. The number of pyridine rings is 1. The maximum atomic E-state index is 13.7. The summed E-state index contributed by atoms with van der Waals surface area (Å²) in [5.74, 6) is -2.47. The Morgan fingerprint density at radius 2 is 1.79 bits per heavy atom. The number of alkyl halides is 3. The fourth-order valence-electron chi connectivity index (χ4n) is 5.06. The first-order valence-corrected chi connectivity index (χ1v) is 16.8. The van der Waals surface area contributed by atoms with Gasteiger partial charge in [-0.2, -0.15) is 0 Å². The van der Waals surface area contributed by atoms with Gasteiger partial charge in [-0.05, 0) is 57.2 Å². The molecule has 0 spiro atoms. The van der Waals surface area contributed by atoms with Crippen molar-refractivity contribution in [2.24, 2.45) is 11.3 Å². The number of esters is 1. The molecular weight excluding hydrogens is 685 g/mol. The molecule has 0 radical (unpaired) electrons.